The Morgan fingerprint density at radius 3 is 2.71 bits per heavy atom. The smallest absolute Gasteiger partial charge is 0.191 e. The number of aromatic nitrogens is 1. The van der Waals surface area contributed by atoms with Crippen LogP contribution in [0.15, 0.2) is 23.0 Å². The van der Waals surface area contributed by atoms with Gasteiger partial charge in [0.15, 0.2) is 5.43 Å². The van der Waals surface area contributed by atoms with E-state index in [9.17, 15) is 4.79 Å². The molecule has 1 aromatic heterocycles. The second-order valence-corrected chi connectivity index (χ2v) is 3.84. The van der Waals surface area contributed by atoms with Crippen LogP contribution in [-0.4, -0.2) is 4.98 Å². The van der Waals surface area contributed by atoms with Crippen molar-refractivity contribution < 1.29 is 0 Å². The topological polar surface area (TPSA) is 32.9 Å². The first kappa shape index (κ1) is 9.28. The number of fused-ring (bicyclic) bond motifs is 1. The van der Waals surface area contributed by atoms with Gasteiger partial charge >= 0.3 is 0 Å². The van der Waals surface area contributed by atoms with Crippen LogP contribution in [-0.2, 0) is 0 Å². The summed E-state index contributed by atoms with van der Waals surface area (Å²) in [4.78, 5) is 14.8. The van der Waals surface area contributed by atoms with E-state index in [-0.39, 0.29) is 5.43 Å². The van der Waals surface area contributed by atoms with Gasteiger partial charge in [-0.15, -0.1) is 0 Å². The van der Waals surface area contributed by atoms with Crippen molar-refractivity contribution in [2.24, 2.45) is 0 Å². The number of benzene rings is 1. The van der Waals surface area contributed by atoms with Gasteiger partial charge in [-0.3, -0.25) is 4.79 Å². The summed E-state index contributed by atoms with van der Waals surface area (Å²) in [6, 6.07) is 5.22. The number of hydrogen-bond acceptors (Lipinski definition) is 1. The number of H-pyrrole nitrogens is 1. The molecule has 1 aromatic carbocycles. The molecular weight excluding hydrogens is 198 g/mol. The summed E-state index contributed by atoms with van der Waals surface area (Å²) in [5, 5.41) is 1.09. The summed E-state index contributed by atoms with van der Waals surface area (Å²) in [6.45, 7) is 3.81. The minimum Gasteiger partial charge on any atom is -0.358 e. The molecule has 3 heteroatoms. The van der Waals surface area contributed by atoms with Crippen LogP contribution in [0.2, 0.25) is 5.02 Å². The molecule has 2 rings (SSSR count). The van der Waals surface area contributed by atoms with Gasteiger partial charge < -0.3 is 4.98 Å². The van der Waals surface area contributed by atoms with Crippen molar-refractivity contribution in [3.05, 3.63) is 44.7 Å². The molecule has 0 saturated heterocycles. The lowest BCUT2D eigenvalue weighted by Gasteiger charge is -2.04. The molecule has 1 heterocycles. The van der Waals surface area contributed by atoms with E-state index in [4.69, 9.17) is 11.6 Å². The largest absolute Gasteiger partial charge is 0.358 e. The van der Waals surface area contributed by atoms with Gasteiger partial charge in [0, 0.05) is 11.8 Å². The summed E-state index contributed by atoms with van der Waals surface area (Å²) in [6.07, 6.45) is 0. The lowest BCUT2D eigenvalue weighted by molar-refractivity contribution is 1.23. The number of rotatable bonds is 0. The highest BCUT2D eigenvalue weighted by Crippen LogP contribution is 2.21. The standard InChI is InChI=1S/C11H10ClNO/c1-6-3-4-8(12)10-9(14)5-7(2)13-11(6)10/h3-5H,1-2H3,(H,13,14). The van der Waals surface area contributed by atoms with Gasteiger partial charge in [0.2, 0.25) is 0 Å². The van der Waals surface area contributed by atoms with Crippen LogP contribution in [0.1, 0.15) is 11.3 Å². The van der Waals surface area contributed by atoms with Gasteiger partial charge in [-0.2, -0.15) is 0 Å². The minimum atomic E-state index is -0.0232. The van der Waals surface area contributed by atoms with Crippen molar-refractivity contribution in [1.82, 2.24) is 4.98 Å². The van der Waals surface area contributed by atoms with Crippen LogP contribution in [0.3, 0.4) is 0 Å². The van der Waals surface area contributed by atoms with Crippen molar-refractivity contribution in [3.8, 4) is 0 Å². The van der Waals surface area contributed by atoms with Gasteiger partial charge in [-0.05, 0) is 25.5 Å². The lowest BCUT2D eigenvalue weighted by atomic mass is 10.1. The second kappa shape index (κ2) is 3.14. The zero-order valence-electron chi connectivity index (χ0n) is 8.02. The molecule has 72 valence electrons. The third-order valence-corrected chi connectivity index (χ3v) is 2.59. The Morgan fingerprint density at radius 2 is 2.00 bits per heavy atom. The van der Waals surface area contributed by atoms with Crippen molar-refractivity contribution in [3.63, 3.8) is 0 Å². The SMILES string of the molecule is Cc1cc(=O)c2c(Cl)ccc(C)c2[nH]1. The van der Waals surface area contributed by atoms with E-state index in [0.717, 1.165) is 16.8 Å². The molecule has 0 amide bonds. The second-order valence-electron chi connectivity index (χ2n) is 3.43. The molecule has 0 unspecified atom stereocenters. The molecule has 0 aliphatic heterocycles. The van der Waals surface area contributed by atoms with E-state index >= 15 is 0 Å². The van der Waals surface area contributed by atoms with Gasteiger partial charge in [-0.25, -0.2) is 0 Å². The van der Waals surface area contributed by atoms with Crippen LogP contribution in [0.25, 0.3) is 10.9 Å². The van der Waals surface area contributed by atoms with Crippen LogP contribution in [0, 0.1) is 13.8 Å². The predicted octanol–water partition coefficient (Wildman–Crippen LogP) is 2.80. The average molecular weight is 208 g/mol. The first-order valence-corrected chi connectivity index (χ1v) is 4.76. The Labute approximate surface area is 86.5 Å². The number of hydrogen-bond donors (Lipinski definition) is 1. The Balaban J connectivity index is 3.08. The molecule has 0 fully saturated rings. The molecule has 0 atom stereocenters. The zero-order chi connectivity index (χ0) is 10.3. The Morgan fingerprint density at radius 1 is 1.29 bits per heavy atom. The summed E-state index contributed by atoms with van der Waals surface area (Å²) < 4.78 is 0. The van der Waals surface area contributed by atoms with Gasteiger partial charge in [0.25, 0.3) is 0 Å². The zero-order valence-corrected chi connectivity index (χ0v) is 8.77. The third-order valence-electron chi connectivity index (χ3n) is 2.28. The first-order chi connectivity index (χ1) is 6.59. The molecule has 0 spiro atoms. The molecule has 0 aliphatic rings. The van der Waals surface area contributed by atoms with E-state index in [2.05, 4.69) is 4.98 Å². The lowest BCUT2D eigenvalue weighted by Crippen LogP contribution is -2.04. The van der Waals surface area contributed by atoms with E-state index in [1.807, 2.05) is 19.9 Å². The number of halogens is 1. The van der Waals surface area contributed by atoms with Crippen LogP contribution >= 0.6 is 11.6 Å². The molecule has 1 N–H and O–H groups in total. The average Bonchev–Trinajstić information content (AvgIpc) is 2.10. The van der Waals surface area contributed by atoms with Crippen molar-refractivity contribution in [2.75, 3.05) is 0 Å². The monoisotopic (exact) mass is 207 g/mol. The molecule has 14 heavy (non-hydrogen) atoms. The highest BCUT2D eigenvalue weighted by atomic mass is 35.5. The summed E-state index contributed by atoms with van der Waals surface area (Å²) in [5.74, 6) is 0. The number of aromatic amines is 1. The molecule has 0 saturated carbocycles. The molecule has 0 radical (unpaired) electrons. The van der Waals surface area contributed by atoms with Crippen molar-refractivity contribution in [2.45, 2.75) is 13.8 Å². The van der Waals surface area contributed by atoms with Crippen LogP contribution < -0.4 is 5.43 Å². The highest BCUT2D eigenvalue weighted by molar-refractivity contribution is 6.35. The highest BCUT2D eigenvalue weighted by Gasteiger charge is 2.06. The molecular formula is C11H10ClNO. The van der Waals surface area contributed by atoms with E-state index in [1.165, 1.54) is 0 Å². The van der Waals surface area contributed by atoms with Crippen LogP contribution in [0.5, 0.6) is 0 Å². The number of nitrogens with one attached hydrogen (secondary N) is 1. The van der Waals surface area contributed by atoms with Crippen molar-refractivity contribution >= 4 is 22.5 Å². The molecule has 2 nitrogen and oxygen atoms in total. The Kier molecular flexibility index (Phi) is 2.08. The van der Waals surface area contributed by atoms with Crippen molar-refractivity contribution in [1.29, 1.82) is 0 Å². The fraction of sp³-hybridized carbons (Fsp3) is 0.182. The molecule has 0 aliphatic carbocycles. The minimum absolute atomic E-state index is 0.0232. The van der Waals surface area contributed by atoms with Crippen LogP contribution in [0.4, 0.5) is 0 Å². The number of aryl methyl sites for hydroxylation is 2. The maximum absolute atomic E-state index is 11.7. The summed E-state index contributed by atoms with van der Waals surface area (Å²) >= 11 is 5.97. The summed E-state index contributed by atoms with van der Waals surface area (Å²) in [7, 11) is 0. The predicted molar refractivity (Wildman–Crippen MR) is 59.1 cm³/mol. The maximum atomic E-state index is 11.7. The summed E-state index contributed by atoms with van der Waals surface area (Å²) in [5.41, 5.74) is 2.70. The third kappa shape index (κ3) is 1.32. The Hall–Kier alpha value is -1.28. The fourth-order valence-electron chi connectivity index (χ4n) is 1.59. The Bertz CT molecular complexity index is 557. The fourth-order valence-corrected chi connectivity index (χ4v) is 1.84. The molecule has 2 aromatic rings. The molecule has 0 bridgehead atoms. The normalized spacial score (nSPS) is 10.8. The number of pyridine rings is 1. The van der Waals surface area contributed by atoms with Gasteiger partial charge in [0.05, 0.1) is 15.9 Å². The van der Waals surface area contributed by atoms with E-state index in [1.54, 1.807) is 12.1 Å². The van der Waals surface area contributed by atoms with E-state index in [0.29, 0.717) is 10.4 Å². The first-order valence-electron chi connectivity index (χ1n) is 4.38. The van der Waals surface area contributed by atoms with E-state index < -0.39 is 0 Å². The van der Waals surface area contributed by atoms with Gasteiger partial charge in [0.1, 0.15) is 0 Å². The van der Waals surface area contributed by atoms with Gasteiger partial charge in [-0.1, -0.05) is 17.7 Å². The maximum Gasteiger partial charge on any atom is 0.191 e. The quantitative estimate of drug-likeness (QED) is 0.708.